The predicted molar refractivity (Wildman–Crippen MR) is 62.6 cm³/mol. The van der Waals surface area contributed by atoms with Gasteiger partial charge in [0.15, 0.2) is 0 Å². The summed E-state index contributed by atoms with van der Waals surface area (Å²) in [5, 5.41) is 9.06. The summed E-state index contributed by atoms with van der Waals surface area (Å²) in [6.45, 7) is 0. The third-order valence-electron chi connectivity index (χ3n) is 2.86. The normalized spacial score (nSPS) is 13.7. The number of hydrogen-bond acceptors (Lipinski definition) is 2. The van der Waals surface area contributed by atoms with Crippen molar-refractivity contribution in [2.45, 2.75) is 18.6 Å². The molecule has 2 aromatic rings. The van der Waals surface area contributed by atoms with Gasteiger partial charge >= 0.3 is 12.1 Å². The number of hydrogen-bond donors (Lipinski definition) is 3. The number of aliphatic carboxylic acids is 1. The van der Waals surface area contributed by atoms with E-state index in [9.17, 15) is 18.0 Å². The van der Waals surface area contributed by atoms with Crippen molar-refractivity contribution in [2.75, 3.05) is 0 Å². The van der Waals surface area contributed by atoms with Gasteiger partial charge in [-0.2, -0.15) is 13.2 Å². The molecule has 1 aromatic carbocycles. The molecule has 0 amide bonds. The summed E-state index contributed by atoms with van der Waals surface area (Å²) < 4.78 is 38.3. The number of para-hydroxylation sites is 1. The molecule has 19 heavy (non-hydrogen) atoms. The molecule has 4 N–H and O–H groups in total. The zero-order chi connectivity index (χ0) is 14.2. The van der Waals surface area contributed by atoms with Crippen molar-refractivity contribution >= 4 is 16.9 Å². The number of carbonyl (C=O) groups is 1. The van der Waals surface area contributed by atoms with E-state index in [4.69, 9.17) is 10.8 Å². The maximum atomic E-state index is 12.8. The van der Waals surface area contributed by atoms with Crippen molar-refractivity contribution < 1.29 is 23.1 Å². The number of aromatic amines is 1. The summed E-state index contributed by atoms with van der Waals surface area (Å²) >= 11 is 0. The van der Waals surface area contributed by atoms with Crippen LogP contribution in [0.15, 0.2) is 24.4 Å². The van der Waals surface area contributed by atoms with Gasteiger partial charge in [-0.1, -0.05) is 12.1 Å². The second kappa shape index (κ2) is 4.58. The highest BCUT2D eigenvalue weighted by molar-refractivity contribution is 5.87. The molecule has 4 nitrogen and oxygen atoms in total. The van der Waals surface area contributed by atoms with Gasteiger partial charge in [0.1, 0.15) is 6.04 Å². The van der Waals surface area contributed by atoms with Gasteiger partial charge in [0.05, 0.1) is 11.1 Å². The fourth-order valence-corrected chi connectivity index (χ4v) is 1.94. The quantitative estimate of drug-likeness (QED) is 0.801. The summed E-state index contributed by atoms with van der Waals surface area (Å²) in [4.78, 5) is 13.2. The molecule has 0 unspecified atom stereocenters. The summed E-state index contributed by atoms with van der Waals surface area (Å²) in [6.07, 6.45) is -3.13. The Labute approximate surface area is 106 Å². The molecule has 1 heterocycles. The SMILES string of the molecule is N[C@@H](Cc1c[nH]c2c(C(F)(F)F)cccc12)C(=O)O. The van der Waals surface area contributed by atoms with Gasteiger partial charge in [-0.3, -0.25) is 4.79 Å². The number of benzene rings is 1. The van der Waals surface area contributed by atoms with Crippen molar-refractivity contribution in [1.29, 1.82) is 0 Å². The highest BCUT2D eigenvalue weighted by Crippen LogP contribution is 2.35. The monoisotopic (exact) mass is 272 g/mol. The van der Waals surface area contributed by atoms with Gasteiger partial charge in [0.25, 0.3) is 0 Å². The number of halogens is 3. The first-order valence-electron chi connectivity index (χ1n) is 5.45. The van der Waals surface area contributed by atoms with Crippen molar-refractivity contribution in [3.63, 3.8) is 0 Å². The third-order valence-corrected chi connectivity index (χ3v) is 2.86. The molecule has 0 aliphatic heterocycles. The van der Waals surface area contributed by atoms with E-state index in [1.165, 1.54) is 18.3 Å². The van der Waals surface area contributed by atoms with E-state index < -0.39 is 23.8 Å². The lowest BCUT2D eigenvalue weighted by Crippen LogP contribution is -2.32. The van der Waals surface area contributed by atoms with Crippen LogP contribution in [0.1, 0.15) is 11.1 Å². The molecule has 0 saturated carbocycles. The van der Waals surface area contributed by atoms with Gasteiger partial charge in [-0.15, -0.1) is 0 Å². The molecule has 1 atom stereocenters. The lowest BCUT2D eigenvalue weighted by molar-refractivity contribution is -0.138. The molecule has 0 saturated heterocycles. The van der Waals surface area contributed by atoms with Gasteiger partial charge in [-0.05, 0) is 11.6 Å². The summed E-state index contributed by atoms with van der Waals surface area (Å²) in [6, 6.07) is 2.62. The number of aromatic nitrogens is 1. The molecule has 2 rings (SSSR count). The lowest BCUT2D eigenvalue weighted by Gasteiger charge is -2.08. The highest BCUT2D eigenvalue weighted by Gasteiger charge is 2.33. The van der Waals surface area contributed by atoms with Crippen molar-refractivity contribution in [2.24, 2.45) is 5.73 Å². The number of carboxylic acid groups (broad SMARTS) is 1. The first-order chi connectivity index (χ1) is 8.80. The fourth-order valence-electron chi connectivity index (χ4n) is 1.94. The number of alkyl halides is 3. The molecule has 7 heteroatoms. The predicted octanol–water partition coefficient (Wildman–Crippen LogP) is 2.14. The van der Waals surface area contributed by atoms with Crippen molar-refractivity contribution in [1.82, 2.24) is 4.98 Å². The fraction of sp³-hybridized carbons (Fsp3) is 0.250. The van der Waals surface area contributed by atoms with Crippen LogP contribution in [-0.4, -0.2) is 22.1 Å². The van der Waals surface area contributed by atoms with Gasteiger partial charge < -0.3 is 15.8 Å². The maximum absolute atomic E-state index is 12.8. The Morgan fingerprint density at radius 1 is 1.42 bits per heavy atom. The highest BCUT2D eigenvalue weighted by atomic mass is 19.4. The van der Waals surface area contributed by atoms with Crippen LogP contribution in [0.25, 0.3) is 10.9 Å². The van der Waals surface area contributed by atoms with E-state index in [0.717, 1.165) is 6.07 Å². The van der Waals surface area contributed by atoms with Crippen LogP contribution in [0.2, 0.25) is 0 Å². The smallest absolute Gasteiger partial charge is 0.418 e. The Morgan fingerprint density at radius 3 is 2.68 bits per heavy atom. The molecule has 0 spiro atoms. The Morgan fingerprint density at radius 2 is 2.11 bits per heavy atom. The van der Waals surface area contributed by atoms with E-state index in [1.54, 1.807) is 0 Å². The zero-order valence-electron chi connectivity index (χ0n) is 9.66. The number of rotatable bonds is 3. The minimum atomic E-state index is -4.46. The van der Waals surface area contributed by atoms with Gasteiger partial charge in [0.2, 0.25) is 0 Å². The average Bonchev–Trinajstić information content (AvgIpc) is 2.71. The third kappa shape index (κ3) is 2.55. The van der Waals surface area contributed by atoms with Gasteiger partial charge in [0, 0.05) is 18.0 Å². The first-order valence-corrected chi connectivity index (χ1v) is 5.45. The topological polar surface area (TPSA) is 79.1 Å². The first kappa shape index (κ1) is 13.4. The van der Waals surface area contributed by atoms with Crippen LogP contribution in [-0.2, 0) is 17.4 Å². The number of nitrogens with one attached hydrogen (secondary N) is 1. The number of H-pyrrole nitrogens is 1. The largest absolute Gasteiger partial charge is 0.480 e. The van der Waals surface area contributed by atoms with Crippen molar-refractivity contribution in [3.8, 4) is 0 Å². The molecular formula is C12H11F3N2O2. The average molecular weight is 272 g/mol. The van der Waals surface area contributed by atoms with Crippen LogP contribution in [0.5, 0.6) is 0 Å². The van der Waals surface area contributed by atoms with E-state index in [0.29, 0.717) is 10.9 Å². The number of fused-ring (bicyclic) bond motifs is 1. The second-order valence-corrected chi connectivity index (χ2v) is 4.19. The number of nitrogens with two attached hydrogens (primary N) is 1. The van der Waals surface area contributed by atoms with Crippen LogP contribution < -0.4 is 5.73 Å². The second-order valence-electron chi connectivity index (χ2n) is 4.19. The standard InChI is InChI=1S/C12H11F3N2O2/c13-12(14,15)8-3-1-2-7-6(5-17-10(7)8)4-9(16)11(18)19/h1-3,5,9,17H,4,16H2,(H,18,19)/t9-/m0/s1. The molecule has 0 aliphatic rings. The van der Waals surface area contributed by atoms with E-state index in [1.807, 2.05) is 0 Å². The summed E-state index contributed by atoms with van der Waals surface area (Å²) in [7, 11) is 0. The molecule has 0 fully saturated rings. The Kier molecular flexibility index (Phi) is 3.23. The van der Waals surface area contributed by atoms with Crippen LogP contribution in [0.3, 0.4) is 0 Å². The Hall–Kier alpha value is -2.02. The lowest BCUT2D eigenvalue weighted by atomic mass is 10.0. The van der Waals surface area contributed by atoms with Crippen molar-refractivity contribution in [3.05, 3.63) is 35.5 Å². The van der Waals surface area contributed by atoms with Crippen LogP contribution in [0.4, 0.5) is 13.2 Å². The zero-order valence-corrected chi connectivity index (χ0v) is 9.66. The molecular weight excluding hydrogens is 261 g/mol. The van der Waals surface area contributed by atoms with E-state index in [2.05, 4.69) is 4.98 Å². The molecule has 0 radical (unpaired) electrons. The molecule has 0 aliphatic carbocycles. The summed E-state index contributed by atoms with van der Waals surface area (Å²) in [5.41, 5.74) is 5.01. The summed E-state index contributed by atoms with van der Waals surface area (Å²) in [5.74, 6) is -1.19. The van der Waals surface area contributed by atoms with E-state index in [-0.39, 0.29) is 11.9 Å². The van der Waals surface area contributed by atoms with Crippen LogP contribution in [0, 0.1) is 0 Å². The minimum Gasteiger partial charge on any atom is -0.480 e. The Bertz CT molecular complexity index is 619. The molecule has 0 bridgehead atoms. The Balaban J connectivity index is 2.47. The van der Waals surface area contributed by atoms with Crippen LogP contribution >= 0.6 is 0 Å². The minimum absolute atomic E-state index is 0.0311. The maximum Gasteiger partial charge on any atom is 0.418 e. The van der Waals surface area contributed by atoms with Gasteiger partial charge in [-0.25, -0.2) is 0 Å². The van der Waals surface area contributed by atoms with E-state index >= 15 is 0 Å². The molecule has 102 valence electrons. The molecule has 1 aromatic heterocycles. The number of carboxylic acids is 1.